The highest BCUT2D eigenvalue weighted by molar-refractivity contribution is 5.89. The number of imidazole rings is 1. The highest BCUT2D eigenvalue weighted by atomic mass is 16.2. The number of benzene rings is 1. The van der Waals surface area contributed by atoms with Crippen LogP contribution in [-0.2, 0) is 12.8 Å². The second-order valence-corrected chi connectivity index (χ2v) is 9.89. The number of nitrogens with zero attached hydrogens (tertiary/aromatic N) is 5. The van der Waals surface area contributed by atoms with Crippen LogP contribution in [0.5, 0.6) is 0 Å². The molecule has 38 heavy (non-hydrogen) atoms. The lowest BCUT2D eigenvalue weighted by molar-refractivity contribution is 0.271. The maximum atomic E-state index is 9.39. The number of aliphatic hydroxyl groups excluding tert-OH is 1. The predicted molar refractivity (Wildman–Crippen MR) is 154 cm³/mol. The summed E-state index contributed by atoms with van der Waals surface area (Å²) in [5.74, 6) is 0.800. The summed E-state index contributed by atoms with van der Waals surface area (Å²) in [5, 5.41) is 14.1. The highest BCUT2D eigenvalue weighted by Gasteiger charge is 2.18. The van der Waals surface area contributed by atoms with Crippen LogP contribution in [0.1, 0.15) is 25.1 Å². The summed E-state index contributed by atoms with van der Waals surface area (Å²) in [6.07, 6.45) is 9.37. The summed E-state index contributed by atoms with van der Waals surface area (Å²) >= 11 is 0. The molecular weight excluding hydrogens is 474 g/mol. The average molecular weight is 510 g/mol. The number of rotatable bonds is 8. The van der Waals surface area contributed by atoms with Gasteiger partial charge in [0.05, 0.1) is 17.6 Å². The minimum atomic E-state index is 0.144. The second kappa shape index (κ2) is 10.5. The topological polar surface area (TPSA) is 84.7 Å². The van der Waals surface area contributed by atoms with E-state index >= 15 is 0 Å². The van der Waals surface area contributed by atoms with Crippen molar-refractivity contribution in [3.63, 3.8) is 0 Å². The number of aliphatic hydroxyl groups is 1. The van der Waals surface area contributed by atoms with E-state index in [0.29, 0.717) is 6.42 Å². The number of nitrogens with one attached hydrogen (secondary N) is 2. The quantitative estimate of drug-likeness (QED) is 0.277. The van der Waals surface area contributed by atoms with Crippen LogP contribution in [0, 0.1) is 0 Å². The fourth-order valence-electron chi connectivity index (χ4n) is 5.63. The molecule has 5 heterocycles. The van der Waals surface area contributed by atoms with Gasteiger partial charge in [-0.3, -0.25) is 0 Å². The van der Waals surface area contributed by atoms with Gasteiger partial charge in [-0.1, -0.05) is 26.0 Å². The Bertz CT molecular complexity index is 1540. The zero-order chi connectivity index (χ0) is 26.1. The second-order valence-electron chi connectivity index (χ2n) is 9.89. The van der Waals surface area contributed by atoms with Crippen LogP contribution in [0.2, 0.25) is 0 Å². The first-order valence-electron chi connectivity index (χ1n) is 13.6. The molecule has 8 heteroatoms. The summed E-state index contributed by atoms with van der Waals surface area (Å²) in [7, 11) is 0. The normalized spacial score (nSPS) is 14.6. The van der Waals surface area contributed by atoms with Crippen molar-refractivity contribution in [3.8, 4) is 11.1 Å². The van der Waals surface area contributed by atoms with Gasteiger partial charge in [0.1, 0.15) is 5.82 Å². The van der Waals surface area contributed by atoms with Crippen molar-refractivity contribution in [1.29, 1.82) is 0 Å². The van der Waals surface area contributed by atoms with Crippen LogP contribution in [0.15, 0.2) is 61.2 Å². The van der Waals surface area contributed by atoms with Gasteiger partial charge in [0.2, 0.25) is 0 Å². The van der Waals surface area contributed by atoms with Gasteiger partial charge in [-0.2, -0.15) is 0 Å². The minimum absolute atomic E-state index is 0.144. The maximum absolute atomic E-state index is 9.39. The standard InChI is InChI=1S/C30H35N7O/c1-3-28-25(21-5-7-24-22(9-16-38)19-32-26(24)17-21)18-27(30-31-10-11-37(28)30)34-29-8-6-23(20-33-29)36-14-12-35(4-2)13-15-36/h5-8,10-11,17-20,32,38H,3-4,9,12-16H2,1-2H3,(H,33,34). The van der Waals surface area contributed by atoms with Crippen LogP contribution in [0.25, 0.3) is 27.7 Å². The SMILES string of the molecule is CCc1c(-c2ccc3c(CCO)c[nH]c3c2)cc(Nc2ccc(N3CCN(CC)CC3)cn2)c2nccn12. The van der Waals surface area contributed by atoms with Crippen LogP contribution >= 0.6 is 0 Å². The molecule has 4 aromatic heterocycles. The number of aryl methyl sites for hydroxylation is 1. The monoisotopic (exact) mass is 509 g/mol. The number of fused-ring (bicyclic) bond motifs is 2. The van der Waals surface area contributed by atoms with Crippen molar-refractivity contribution in [1.82, 2.24) is 24.3 Å². The number of anilines is 3. The molecule has 0 atom stereocenters. The molecule has 196 valence electrons. The smallest absolute Gasteiger partial charge is 0.160 e. The van der Waals surface area contributed by atoms with Crippen LogP contribution in [-0.4, -0.2) is 68.7 Å². The Morgan fingerprint density at radius 1 is 1.03 bits per heavy atom. The molecule has 0 unspecified atom stereocenters. The molecule has 0 saturated carbocycles. The molecule has 6 rings (SSSR count). The van der Waals surface area contributed by atoms with E-state index < -0.39 is 0 Å². The first kappa shape index (κ1) is 24.5. The molecule has 1 fully saturated rings. The summed E-state index contributed by atoms with van der Waals surface area (Å²) in [4.78, 5) is 17.7. The van der Waals surface area contributed by atoms with Gasteiger partial charge in [0, 0.05) is 73.5 Å². The minimum Gasteiger partial charge on any atom is -0.396 e. The van der Waals surface area contributed by atoms with E-state index in [9.17, 15) is 5.11 Å². The number of hydrogen-bond donors (Lipinski definition) is 3. The Morgan fingerprint density at radius 2 is 1.89 bits per heavy atom. The molecule has 3 N–H and O–H groups in total. The fourth-order valence-corrected chi connectivity index (χ4v) is 5.63. The molecule has 8 nitrogen and oxygen atoms in total. The molecule has 1 aromatic carbocycles. The molecule has 0 bridgehead atoms. The van der Waals surface area contributed by atoms with Crippen molar-refractivity contribution in [2.24, 2.45) is 0 Å². The summed E-state index contributed by atoms with van der Waals surface area (Å²) in [6, 6.07) is 12.9. The van der Waals surface area contributed by atoms with E-state index in [1.54, 1.807) is 0 Å². The Kier molecular flexibility index (Phi) is 6.74. The Morgan fingerprint density at radius 3 is 2.63 bits per heavy atom. The number of pyridine rings is 2. The van der Waals surface area contributed by atoms with E-state index in [4.69, 9.17) is 4.98 Å². The largest absolute Gasteiger partial charge is 0.396 e. The number of hydrogen-bond acceptors (Lipinski definition) is 6. The lowest BCUT2D eigenvalue weighted by atomic mass is 9.99. The molecule has 0 amide bonds. The number of H-pyrrole nitrogens is 1. The Hall–Kier alpha value is -3.88. The Labute approximate surface area is 223 Å². The molecule has 0 spiro atoms. The van der Waals surface area contributed by atoms with Crippen LogP contribution < -0.4 is 10.2 Å². The summed E-state index contributed by atoms with van der Waals surface area (Å²) in [6.45, 7) is 9.91. The van der Waals surface area contributed by atoms with Crippen molar-refractivity contribution in [2.75, 3.05) is 49.5 Å². The fraction of sp³-hybridized carbons (Fsp3) is 0.333. The van der Waals surface area contributed by atoms with E-state index in [2.05, 4.69) is 79.7 Å². The number of aromatic amines is 1. The van der Waals surface area contributed by atoms with Gasteiger partial charge < -0.3 is 29.6 Å². The highest BCUT2D eigenvalue weighted by Crippen LogP contribution is 2.34. The molecule has 0 radical (unpaired) electrons. The molecule has 1 aliphatic rings. The first-order valence-corrected chi connectivity index (χ1v) is 13.6. The Balaban J connectivity index is 1.32. The van der Waals surface area contributed by atoms with Gasteiger partial charge in [0.25, 0.3) is 0 Å². The van der Waals surface area contributed by atoms with Crippen LogP contribution in [0.3, 0.4) is 0 Å². The molecule has 1 aliphatic heterocycles. The summed E-state index contributed by atoms with van der Waals surface area (Å²) in [5.41, 5.74) is 8.69. The number of likely N-dealkylation sites (N-methyl/N-ethyl adjacent to an activating group) is 1. The number of aromatic nitrogens is 4. The lowest BCUT2D eigenvalue weighted by Crippen LogP contribution is -2.46. The molecule has 0 aliphatic carbocycles. The van der Waals surface area contributed by atoms with Gasteiger partial charge >= 0.3 is 0 Å². The third kappa shape index (κ3) is 4.50. The molecule has 1 saturated heterocycles. The summed E-state index contributed by atoms with van der Waals surface area (Å²) < 4.78 is 2.18. The zero-order valence-electron chi connectivity index (χ0n) is 22.1. The maximum Gasteiger partial charge on any atom is 0.160 e. The lowest BCUT2D eigenvalue weighted by Gasteiger charge is -2.35. The zero-order valence-corrected chi connectivity index (χ0v) is 22.1. The van der Waals surface area contributed by atoms with Gasteiger partial charge in [-0.15, -0.1) is 0 Å². The third-order valence-corrected chi connectivity index (χ3v) is 7.76. The average Bonchev–Trinajstić information content (AvgIpc) is 3.61. The van der Waals surface area contributed by atoms with Crippen molar-refractivity contribution < 1.29 is 5.11 Å². The third-order valence-electron chi connectivity index (χ3n) is 7.76. The van der Waals surface area contributed by atoms with E-state index in [-0.39, 0.29) is 6.61 Å². The predicted octanol–water partition coefficient (Wildman–Crippen LogP) is 4.86. The molecular formula is C30H35N7O. The van der Waals surface area contributed by atoms with E-state index in [1.807, 2.05) is 24.8 Å². The van der Waals surface area contributed by atoms with Crippen molar-refractivity contribution in [2.45, 2.75) is 26.7 Å². The first-order chi connectivity index (χ1) is 18.7. The van der Waals surface area contributed by atoms with Gasteiger partial charge in [0.15, 0.2) is 5.65 Å². The van der Waals surface area contributed by atoms with Gasteiger partial charge in [-0.05, 0) is 54.8 Å². The van der Waals surface area contributed by atoms with E-state index in [0.717, 1.165) is 83.9 Å². The van der Waals surface area contributed by atoms with Crippen molar-refractivity contribution in [3.05, 3.63) is 72.4 Å². The van der Waals surface area contributed by atoms with Gasteiger partial charge in [-0.25, -0.2) is 9.97 Å². The van der Waals surface area contributed by atoms with E-state index in [1.165, 1.54) is 11.4 Å². The van der Waals surface area contributed by atoms with Crippen molar-refractivity contribution >= 4 is 33.7 Å². The number of piperazine rings is 1. The molecule has 5 aromatic rings. The van der Waals surface area contributed by atoms with Crippen LogP contribution in [0.4, 0.5) is 17.2 Å².